The van der Waals surface area contributed by atoms with Gasteiger partial charge < -0.3 is 15.1 Å². The van der Waals surface area contributed by atoms with Crippen LogP contribution >= 0.6 is 0 Å². The zero-order valence-electron chi connectivity index (χ0n) is 12.0. The van der Waals surface area contributed by atoms with Crippen molar-refractivity contribution in [2.75, 3.05) is 13.1 Å². The number of hydrogen-bond acceptors (Lipinski definition) is 3. The first kappa shape index (κ1) is 13.2. The van der Waals surface area contributed by atoms with Gasteiger partial charge >= 0.3 is 0 Å². The van der Waals surface area contributed by atoms with E-state index in [1.165, 1.54) is 11.1 Å². The molecule has 1 aromatic heterocycles. The Kier molecular flexibility index (Phi) is 3.26. The molecule has 2 aromatic rings. The van der Waals surface area contributed by atoms with Crippen LogP contribution in [0.1, 0.15) is 34.5 Å². The lowest BCUT2D eigenvalue weighted by Gasteiger charge is -2.29. The Morgan fingerprint density at radius 2 is 2.05 bits per heavy atom. The molecule has 1 amide bonds. The van der Waals surface area contributed by atoms with Crippen LogP contribution in [0.3, 0.4) is 0 Å². The summed E-state index contributed by atoms with van der Waals surface area (Å²) in [4.78, 5) is 14.3. The number of fused-ring (bicyclic) bond motifs is 1. The molecule has 2 N–H and O–H groups in total. The topological polar surface area (TPSA) is 59.5 Å². The first-order valence-electron chi connectivity index (χ1n) is 7.10. The molecule has 4 heteroatoms. The Hall–Kier alpha value is -1.81. The minimum Gasteiger partial charge on any atom is -0.451 e. The molecule has 0 aliphatic carbocycles. The fraction of sp³-hybridized carbons (Fsp3) is 0.438. The number of rotatable bonds is 1. The smallest absolute Gasteiger partial charge is 0.289 e. The van der Waals surface area contributed by atoms with Crippen LogP contribution in [-0.2, 0) is 0 Å². The van der Waals surface area contributed by atoms with Gasteiger partial charge in [-0.15, -0.1) is 0 Å². The van der Waals surface area contributed by atoms with E-state index in [4.69, 9.17) is 10.2 Å². The molecule has 1 saturated heterocycles. The number of carbonyl (C=O) groups is 1. The average molecular weight is 272 g/mol. The van der Waals surface area contributed by atoms with Crippen molar-refractivity contribution in [3.63, 3.8) is 0 Å². The number of nitrogens with zero attached hydrogens (tertiary/aromatic N) is 1. The van der Waals surface area contributed by atoms with Gasteiger partial charge in [-0.2, -0.15) is 0 Å². The van der Waals surface area contributed by atoms with E-state index in [0.29, 0.717) is 12.3 Å². The lowest BCUT2D eigenvalue weighted by atomic mass is 10.1. The van der Waals surface area contributed by atoms with E-state index in [1.807, 2.05) is 19.1 Å². The predicted octanol–water partition coefficient (Wildman–Crippen LogP) is 2.61. The van der Waals surface area contributed by atoms with Crippen LogP contribution in [0.4, 0.5) is 0 Å². The van der Waals surface area contributed by atoms with E-state index in [2.05, 4.69) is 13.0 Å². The summed E-state index contributed by atoms with van der Waals surface area (Å²) in [5.74, 6) is 0.366. The average Bonchev–Trinajstić information content (AvgIpc) is 2.81. The molecule has 0 spiro atoms. The van der Waals surface area contributed by atoms with E-state index in [-0.39, 0.29) is 11.9 Å². The van der Waals surface area contributed by atoms with Gasteiger partial charge in [0.05, 0.1) is 0 Å². The molecule has 1 unspecified atom stereocenters. The second-order valence-electron chi connectivity index (χ2n) is 5.74. The molecular weight excluding hydrogens is 252 g/mol. The van der Waals surface area contributed by atoms with Gasteiger partial charge in [-0.05, 0) is 56.0 Å². The number of nitrogens with two attached hydrogens (primary N) is 1. The second kappa shape index (κ2) is 4.94. The largest absolute Gasteiger partial charge is 0.451 e. The van der Waals surface area contributed by atoms with Gasteiger partial charge in [0.15, 0.2) is 5.76 Å². The number of aryl methyl sites for hydroxylation is 2. The highest BCUT2D eigenvalue weighted by Gasteiger charge is 2.24. The van der Waals surface area contributed by atoms with Crippen LogP contribution in [0.5, 0.6) is 0 Å². The number of benzene rings is 1. The summed E-state index contributed by atoms with van der Waals surface area (Å²) in [6, 6.07) is 5.97. The summed E-state index contributed by atoms with van der Waals surface area (Å²) in [5.41, 5.74) is 9.08. The molecule has 1 fully saturated rings. The highest BCUT2D eigenvalue weighted by molar-refractivity contribution is 5.96. The lowest BCUT2D eigenvalue weighted by Crippen LogP contribution is -2.45. The molecule has 1 atom stereocenters. The van der Waals surface area contributed by atoms with Crippen LogP contribution in [0.25, 0.3) is 11.0 Å². The molecule has 0 bridgehead atoms. The van der Waals surface area contributed by atoms with Crippen molar-refractivity contribution in [3.8, 4) is 0 Å². The number of amides is 1. The van der Waals surface area contributed by atoms with Gasteiger partial charge in [-0.3, -0.25) is 4.79 Å². The molecule has 1 aromatic carbocycles. The fourth-order valence-corrected chi connectivity index (χ4v) is 2.76. The molecule has 0 saturated carbocycles. The van der Waals surface area contributed by atoms with Crippen molar-refractivity contribution >= 4 is 16.9 Å². The number of likely N-dealkylation sites (tertiary alicyclic amines) is 1. The third-order valence-corrected chi connectivity index (χ3v) is 4.09. The van der Waals surface area contributed by atoms with Gasteiger partial charge in [-0.25, -0.2) is 0 Å². The van der Waals surface area contributed by atoms with Crippen molar-refractivity contribution in [3.05, 3.63) is 35.1 Å². The van der Waals surface area contributed by atoms with Gasteiger partial charge in [0, 0.05) is 24.5 Å². The third kappa shape index (κ3) is 2.31. The van der Waals surface area contributed by atoms with Crippen LogP contribution in [0.2, 0.25) is 0 Å². The van der Waals surface area contributed by atoms with E-state index >= 15 is 0 Å². The molecule has 3 rings (SSSR count). The predicted molar refractivity (Wildman–Crippen MR) is 78.8 cm³/mol. The zero-order valence-corrected chi connectivity index (χ0v) is 12.0. The molecule has 2 heterocycles. The van der Waals surface area contributed by atoms with E-state index in [1.54, 1.807) is 4.90 Å². The highest BCUT2D eigenvalue weighted by Crippen LogP contribution is 2.24. The van der Waals surface area contributed by atoms with Crippen molar-refractivity contribution in [1.82, 2.24) is 4.90 Å². The molecule has 106 valence electrons. The van der Waals surface area contributed by atoms with Gasteiger partial charge in [0.25, 0.3) is 5.91 Å². The first-order chi connectivity index (χ1) is 9.54. The number of furan rings is 1. The molecule has 20 heavy (non-hydrogen) atoms. The Balaban J connectivity index is 1.91. The SMILES string of the molecule is Cc1cc2cc(C(=O)N3CCCC(N)C3)oc2cc1C. The van der Waals surface area contributed by atoms with E-state index in [0.717, 1.165) is 30.4 Å². The Morgan fingerprint density at radius 3 is 2.80 bits per heavy atom. The number of hydrogen-bond donors (Lipinski definition) is 1. The quantitative estimate of drug-likeness (QED) is 0.868. The van der Waals surface area contributed by atoms with Crippen LogP contribution in [0, 0.1) is 13.8 Å². The summed E-state index contributed by atoms with van der Waals surface area (Å²) < 4.78 is 5.72. The van der Waals surface area contributed by atoms with Crippen molar-refractivity contribution in [2.24, 2.45) is 5.73 Å². The normalized spacial score (nSPS) is 19.6. The number of carbonyl (C=O) groups excluding carboxylic acids is 1. The summed E-state index contributed by atoms with van der Waals surface area (Å²) >= 11 is 0. The maximum absolute atomic E-state index is 12.5. The minimum atomic E-state index is -0.0494. The first-order valence-corrected chi connectivity index (χ1v) is 7.10. The maximum atomic E-state index is 12.5. The minimum absolute atomic E-state index is 0.0494. The molecular formula is C16H20N2O2. The molecule has 1 aliphatic rings. The second-order valence-corrected chi connectivity index (χ2v) is 5.74. The van der Waals surface area contributed by atoms with E-state index < -0.39 is 0 Å². The Bertz CT molecular complexity index is 621. The molecule has 0 radical (unpaired) electrons. The summed E-state index contributed by atoms with van der Waals surface area (Å²) in [6.45, 7) is 5.49. The van der Waals surface area contributed by atoms with Crippen LogP contribution < -0.4 is 5.73 Å². The van der Waals surface area contributed by atoms with E-state index in [9.17, 15) is 4.79 Å². The Labute approximate surface area is 118 Å². The lowest BCUT2D eigenvalue weighted by molar-refractivity contribution is 0.0679. The molecule has 1 aliphatic heterocycles. The summed E-state index contributed by atoms with van der Waals surface area (Å²) in [6.07, 6.45) is 1.95. The van der Waals surface area contributed by atoms with Crippen LogP contribution in [0.15, 0.2) is 22.6 Å². The zero-order chi connectivity index (χ0) is 14.3. The van der Waals surface area contributed by atoms with Gasteiger partial charge in [0.1, 0.15) is 5.58 Å². The molecule has 4 nitrogen and oxygen atoms in total. The van der Waals surface area contributed by atoms with Crippen molar-refractivity contribution < 1.29 is 9.21 Å². The van der Waals surface area contributed by atoms with Crippen molar-refractivity contribution in [1.29, 1.82) is 0 Å². The summed E-state index contributed by atoms with van der Waals surface area (Å²) in [5, 5.41) is 0.984. The van der Waals surface area contributed by atoms with Crippen LogP contribution in [-0.4, -0.2) is 29.9 Å². The standard InChI is InChI=1S/C16H20N2O2/c1-10-6-12-8-15(20-14(12)7-11(10)2)16(19)18-5-3-4-13(17)9-18/h6-8,13H,3-5,9,17H2,1-2H3. The van der Waals surface area contributed by atoms with Gasteiger partial charge in [-0.1, -0.05) is 0 Å². The Morgan fingerprint density at radius 1 is 1.30 bits per heavy atom. The highest BCUT2D eigenvalue weighted by atomic mass is 16.3. The number of piperidine rings is 1. The summed E-state index contributed by atoms with van der Waals surface area (Å²) in [7, 11) is 0. The van der Waals surface area contributed by atoms with Crippen molar-refractivity contribution in [2.45, 2.75) is 32.7 Å². The van der Waals surface area contributed by atoms with Gasteiger partial charge in [0.2, 0.25) is 0 Å². The fourth-order valence-electron chi connectivity index (χ4n) is 2.76. The monoisotopic (exact) mass is 272 g/mol. The third-order valence-electron chi connectivity index (χ3n) is 4.09. The maximum Gasteiger partial charge on any atom is 0.289 e.